The average molecular weight is 515 g/mol. The van der Waals surface area contributed by atoms with Gasteiger partial charge in [-0.05, 0) is 12.1 Å². The summed E-state index contributed by atoms with van der Waals surface area (Å²) in [7, 11) is 1.41. The summed E-state index contributed by atoms with van der Waals surface area (Å²) in [5, 5.41) is 15.0. The number of nitrogens with one attached hydrogen (secondary N) is 1. The fourth-order valence-electron chi connectivity index (χ4n) is 3.62. The van der Waals surface area contributed by atoms with Crippen LogP contribution in [-0.4, -0.2) is 47.8 Å². The molecule has 14 heteroatoms. The SMILES string of the molecule is COc1ncc(-n2ncc(C(=O)Nc3cnc(-n4nccn4)c(Cl)c3)c2C(F)(F)F)c2ccccc12. The number of ether oxygens (including phenoxy) is 1. The molecule has 4 aromatic heterocycles. The van der Waals surface area contributed by atoms with Gasteiger partial charge in [-0.3, -0.25) is 4.79 Å². The first-order valence-electron chi connectivity index (χ1n) is 10.2. The van der Waals surface area contributed by atoms with Crippen molar-refractivity contribution < 1.29 is 22.7 Å². The van der Waals surface area contributed by atoms with Gasteiger partial charge >= 0.3 is 6.18 Å². The largest absolute Gasteiger partial charge is 0.481 e. The summed E-state index contributed by atoms with van der Waals surface area (Å²) in [6.07, 6.45) is 1.19. The number of hydrogen-bond donors (Lipinski definition) is 1. The number of amides is 1. The molecule has 5 rings (SSSR count). The molecule has 10 nitrogen and oxygen atoms in total. The first-order chi connectivity index (χ1) is 17.3. The van der Waals surface area contributed by atoms with Gasteiger partial charge in [-0.2, -0.15) is 28.5 Å². The zero-order valence-electron chi connectivity index (χ0n) is 18.2. The molecule has 4 heterocycles. The molecular formula is C22H14ClF3N8O2. The molecule has 0 saturated heterocycles. The van der Waals surface area contributed by atoms with E-state index in [0.717, 1.165) is 11.0 Å². The molecule has 0 aliphatic carbocycles. The van der Waals surface area contributed by atoms with E-state index < -0.39 is 23.3 Å². The van der Waals surface area contributed by atoms with Gasteiger partial charge in [0.05, 0.1) is 60.1 Å². The van der Waals surface area contributed by atoms with Crippen molar-refractivity contribution in [1.29, 1.82) is 0 Å². The Morgan fingerprint density at radius 2 is 1.75 bits per heavy atom. The van der Waals surface area contributed by atoms with Crippen molar-refractivity contribution in [2.24, 2.45) is 0 Å². The molecule has 0 fully saturated rings. The Labute approximate surface area is 205 Å². The number of carbonyl (C=O) groups is 1. The number of fused-ring (bicyclic) bond motifs is 1. The minimum Gasteiger partial charge on any atom is -0.481 e. The third-order valence-corrected chi connectivity index (χ3v) is 5.41. The van der Waals surface area contributed by atoms with Crippen molar-refractivity contribution in [1.82, 2.24) is 34.7 Å². The topological polar surface area (TPSA) is 113 Å². The summed E-state index contributed by atoms with van der Waals surface area (Å²) in [4.78, 5) is 22.2. The third kappa shape index (κ3) is 4.09. The summed E-state index contributed by atoms with van der Waals surface area (Å²) in [6.45, 7) is 0. The summed E-state index contributed by atoms with van der Waals surface area (Å²) < 4.78 is 48.5. The number of nitrogens with zero attached hydrogens (tertiary/aromatic N) is 7. The number of carbonyl (C=O) groups excluding carboxylic acids is 1. The number of hydrogen-bond acceptors (Lipinski definition) is 7. The van der Waals surface area contributed by atoms with E-state index >= 15 is 0 Å². The Bertz CT molecular complexity index is 1580. The number of aromatic nitrogens is 7. The fraction of sp³-hybridized carbons (Fsp3) is 0.0909. The zero-order valence-corrected chi connectivity index (χ0v) is 19.0. The Morgan fingerprint density at radius 3 is 2.42 bits per heavy atom. The first-order valence-corrected chi connectivity index (χ1v) is 10.6. The highest BCUT2D eigenvalue weighted by Gasteiger charge is 2.41. The number of halogens is 4. The molecule has 0 radical (unpaired) electrons. The number of pyridine rings is 2. The average Bonchev–Trinajstić information content (AvgIpc) is 3.54. The summed E-state index contributed by atoms with van der Waals surface area (Å²) in [5.41, 5.74) is -1.87. The molecule has 0 bridgehead atoms. The van der Waals surface area contributed by atoms with Crippen LogP contribution < -0.4 is 10.1 Å². The monoisotopic (exact) mass is 514 g/mol. The molecule has 1 amide bonds. The quantitative estimate of drug-likeness (QED) is 0.371. The van der Waals surface area contributed by atoms with Crippen molar-refractivity contribution in [3.05, 3.63) is 77.6 Å². The van der Waals surface area contributed by atoms with Gasteiger partial charge in [0.1, 0.15) is 0 Å². The molecule has 0 unspecified atom stereocenters. The molecule has 1 N–H and O–H groups in total. The van der Waals surface area contributed by atoms with E-state index in [-0.39, 0.29) is 28.1 Å². The van der Waals surface area contributed by atoms with Gasteiger partial charge in [-0.1, -0.05) is 29.8 Å². The van der Waals surface area contributed by atoms with Crippen LogP contribution >= 0.6 is 11.6 Å². The van der Waals surface area contributed by atoms with Gasteiger partial charge in [0.2, 0.25) is 5.88 Å². The summed E-state index contributed by atoms with van der Waals surface area (Å²) in [5.74, 6) is -0.629. The normalized spacial score (nSPS) is 11.6. The van der Waals surface area contributed by atoms with E-state index in [1.807, 2.05) is 0 Å². The highest BCUT2D eigenvalue weighted by molar-refractivity contribution is 6.32. The lowest BCUT2D eigenvalue weighted by Crippen LogP contribution is -2.21. The minimum atomic E-state index is -4.92. The number of benzene rings is 1. The van der Waals surface area contributed by atoms with Crippen molar-refractivity contribution in [2.45, 2.75) is 6.18 Å². The highest BCUT2D eigenvalue weighted by Crippen LogP contribution is 2.36. The van der Waals surface area contributed by atoms with Crippen molar-refractivity contribution in [3.63, 3.8) is 0 Å². The minimum absolute atomic E-state index is 0.0264. The lowest BCUT2D eigenvalue weighted by molar-refractivity contribution is -0.143. The van der Waals surface area contributed by atoms with Crippen LogP contribution in [0, 0.1) is 0 Å². The number of anilines is 1. The summed E-state index contributed by atoms with van der Waals surface area (Å²) >= 11 is 6.19. The smallest absolute Gasteiger partial charge is 0.434 e. The van der Waals surface area contributed by atoms with Crippen molar-refractivity contribution in [2.75, 3.05) is 12.4 Å². The lowest BCUT2D eigenvalue weighted by Gasteiger charge is -2.15. The van der Waals surface area contributed by atoms with Crippen LogP contribution in [0.25, 0.3) is 22.3 Å². The van der Waals surface area contributed by atoms with E-state index in [1.54, 1.807) is 24.3 Å². The fourth-order valence-corrected chi connectivity index (χ4v) is 3.87. The van der Waals surface area contributed by atoms with Crippen molar-refractivity contribution >= 4 is 34.0 Å². The molecule has 182 valence electrons. The first kappa shape index (κ1) is 23.2. The number of rotatable bonds is 5. The molecule has 0 aliphatic heterocycles. The van der Waals surface area contributed by atoms with E-state index in [2.05, 4.69) is 30.6 Å². The third-order valence-electron chi connectivity index (χ3n) is 5.13. The molecule has 0 saturated carbocycles. The van der Waals surface area contributed by atoms with Crippen LogP contribution in [0.5, 0.6) is 5.88 Å². The van der Waals surface area contributed by atoms with Gasteiger partial charge in [-0.25, -0.2) is 14.6 Å². The van der Waals surface area contributed by atoms with E-state index in [4.69, 9.17) is 16.3 Å². The molecule has 1 aromatic carbocycles. The van der Waals surface area contributed by atoms with Crippen LogP contribution in [0.3, 0.4) is 0 Å². The molecule has 36 heavy (non-hydrogen) atoms. The molecule has 0 atom stereocenters. The van der Waals surface area contributed by atoms with E-state index in [0.29, 0.717) is 15.5 Å². The van der Waals surface area contributed by atoms with Crippen LogP contribution in [0.15, 0.2) is 61.3 Å². The molecular weight excluding hydrogens is 501 g/mol. The highest BCUT2D eigenvalue weighted by atomic mass is 35.5. The van der Waals surface area contributed by atoms with Crippen LogP contribution in [-0.2, 0) is 6.18 Å². The second-order valence-corrected chi connectivity index (χ2v) is 7.72. The maximum Gasteiger partial charge on any atom is 0.434 e. The predicted molar refractivity (Wildman–Crippen MR) is 123 cm³/mol. The second-order valence-electron chi connectivity index (χ2n) is 7.32. The molecule has 5 aromatic rings. The Hall–Kier alpha value is -4.52. The molecule has 0 aliphatic rings. The Kier molecular flexibility index (Phi) is 5.76. The maximum atomic E-state index is 14.2. The summed E-state index contributed by atoms with van der Waals surface area (Å²) in [6, 6.07) is 7.96. The van der Waals surface area contributed by atoms with Gasteiger partial charge in [0.25, 0.3) is 5.91 Å². The van der Waals surface area contributed by atoms with Gasteiger partial charge in [0.15, 0.2) is 11.5 Å². The van der Waals surface area contributed by atoms with Crippen molar-refractivity contribution in [3.8, 4) is 17.4 Å². The maximum absolute atomic E-state index is 14.2. The van der Waals surface area contributed by atoms with Crippen LogP contribution in [0.1, 0.15) is 16.1 Å². The zero-order chi connectivity index (χ0) is 25.4. The second kappa shape index (κ2) is 8.92. The number of alkyl halides is 3. The van der Waals surface area contributed by atoms with E-state index in [9.17, 15) is 18.0 Å². The number of methoxy groups -OCH3 is 1. The van der Waals surface area contributed by atoms with Gasteiger partial charge in [0, 0.05) is 10.8 Å². The Morgan fingerprint density at radius 1 is 1.03 bits per heavy atom. The van der Waals surface area contributed by atoms with E-state index in [1.165, 1.54) is 38.0 Å². The van der Waals surface area contributed by atoms with Gasteiger partial charge < -0.3 is 10.1 Å². The van der Waals surface area contributed by atoms with Crippen LogP contribution in [0.2, 0.25) is 5.02 Å². The lowest BCUT2D eigenvalue weighted by atomic mass is 10.1. The predicted octanol–water partition coefficient (Wildman–Crippen LogP) is 4.33. The Balaban J connectivity index is 1.54. The molecule has 0 spiro atoms. The standard InChI is InChI=1S/C22H14ClF3N8O2/c1-36-21-14-5-3-2-4-13(14)17(11-28-21)33-18(22(24,25)26)15(10-31-33)20(35)32-12-8-16(23)19(27-9-12)34-29-6-7-30-34/h2-11H,1H3,(H,32,35). The van der Waals surface area contributed by atoms with Gasteiger partial charge in [-0.15, -0.1) is 4.80 Å². The van der Waals surface area contributed by atoms with Crippen LogP contribution in [0.4, 0.5) is 18.9 Å².